The molecule has 2 unspecified atom stereocenters. The summed E-state index contributed by atoms with van der Waals surface area (Å²) in [6.45, 7) is 14.7. The van der Waals surface area contributed by atoms with E-state index in [1.54, 1.807) is 0 Å². The van der Waals surface area contributed by atoms with E-state index in [0.29, 0.717) is 0 Å². The molecule has 0 spiro atoms. The maximum absolute atomic E-state index is 3.71. The quantitative estimate of drug-likeness (QED) is 0.824. The van der Waals surface area contributed by atoms with Crippen molar-refractivity contribution >= 4 is 0 Å². The van der Waals surface area contributed by atoms with Crippen LogP contribution in [-0.4, -0.2) is 61.2 Å². The van der Waals surface area contributed by atoms with Gasteiger partial charge in [0.2, 0.25) is 0 Å². The SMILES string of the molecule is CCCC1CN(CC2CCN(C(C)C)C2)CCCN1. The first-order valence-corrected chi connectivity index (χ1v) is 8.38. The first-order valence-electron chi connectivity index (χ1n) is 8.38. The van der Waals surface area contributed by atoms with Crippen molar-refractivity contribution in [3.05, 3.63) is 0 Å². The Morgan fingerprint density at radius 2 is 2.05 bits per heavy atom. The highest BCUT2D eigenvalue weighted by Crippen LogP contribution is 2.20. The summed E-state index contributed by atoms with van der Waals surface area (Å²) in [4.78, 5) is 5.37. The largest absolute Gasteiger partial charge is 0.313 e. The molecular weight excluding hydrogens is 234 g/mol. The van der Waals surface area contributed by atoms with Gasteiger partial charge in [0.15, 0.2) is 0 Å². The van der Waals surface area contributed by atoms with Gasteiger partial charge in [-0.3, -0.25) is 0 Å². The predicted molar refractivity (Wildman–Crippen MR) is 82.6 cm³/mol. The van der Waals surface area contributed by atoms with E-state index in [-0.39, 0.29) is 0 Å². The summed E-state index contributed by atoms with van der Waals surface area (Å²) >= 11 is 0. The zero-order valence-electron chi connectivity index (χ0n) is 13.2. The Kier molecular flexibility index (Phi) is 6.11. The minimum atomic E-state index is 0.726. The fourth-order valence-electron chi connectivity index (χ4n) is 3.63. The average Bonchev–Trinajstić information content (AvgIpc) is 2.72. The van der Waals surface area contributed by atoms with Crippen LogP contribution >= 0.6 is 0 Å². The van der Waals surface area contributed by atoms with Gasteiger partial charge in [0.25, 0.3) is 0 Å². The Bertz CT molecular complexity index is 254. The van der Waals surface area contributed by atoms with E-state index in [1.165, 1.54) is 65.0 Å². The lowest BCUT2D eigenvalue weighted by Gasteiger charge is -2.27. The molecule has 2 aliphatic rings. The van der Waals surface area contributed by atoms with Crippen LogP contribution in [0, 0.1) is 5.92 Å². The van der Waals surface area contributed by atoms with Crippen molar-refractivity contribution in [1.29, 1.82) is 0 Å². The number of rotatable bonds is 5. The lowest BCUT2D eigenvalue weighted by molar-refractivity contribution is 0.210. The van der Waals surface area contributed by atoms with E-state index in [2.05, 4.69) is 35.9 Å². The first kappa shape index (κ1) is 15.3. The zero-order valence-corrected chi connectivity index (χ0v) is 13.2. The monoisotopic (exact) mass is 267 g/mol. The molecule has 0 radical (unpaired) electrons. The summed E-state index contributed by atoms with van der Waals surface area (Å²) in [5.41, 5.74) is 0. The van der Waals surface area contributed by atoms with Gasteiger partial charge in [-0.05, 0) is 58.7 Å². The minimum Gasteiger partial charge on any atom is -0.313 e. The van der Waals surface area contributed by atoms with Gasteiger partial charge in [-0.1, -0.05) is 13.3 Å². The van der Waals surface area contributed by atoms with Gasteiger partial charge >= 0.3 is 0 Å². The topological polar surface area (TPSA) is 18.5 Å². The Balaban J connectivity index is 1.78. The second-order valence-corrected chi connectivity index (χ2v) is 6.80. The van der Waals surface area contributed by atoms with Crippen LogP contribution in [0.25, 0.3) is 0 Å². The highest BCUT2D eigenvalue weighted by atomic mass is 15.2. The van der Waals surface area contributed by atoms with E-state index in [1.807, 2.05) is 0 Å². The molecule has 0 aromatic carbocycles. The van der Waals surface area contributed by atoms with Crippen molar-refractivity contribution in [2.24, 2.45) is 5.92 Å². The predicted octanol–water partition coefficient (Wildman–Crippen LogP) is 2.18. The van der Waals surface area contributed by atoms with Crippen LogP contribution in [-0.2, 0) is 0 Å². The molecule has 2 fully saturated rings. The zero-order chi connectivity index (χ0) is 13.7. The molecule has 2 rings (SSSR count). The number of nitrogens with one attached hydrogen (secondary N) is 1. The van der Waals surface area contributed by atoms with Crippen molar-refractivity contribution < 1.29 is 0 Å². The fraction of sp³-hybridized carbons (Fsp3) is 1.00. The van der Waals surface area contributed by atoms with Crippen molar-refractivity contribution in [1.82, 2.24) is 15.1 Å². The number of likely N-dealkylation sites (tertiary alicyclic amines) is 1. The van der Waals surface area contributed by atoms with Crippen LogP contribution in [0.15, 0.2) is 0 Å². The van der Waals surface area contributed by atoms with Gasteiger partial charge in [0.05, 0.1) is 0 Å². The number of nitrogens with zero attached hydrogens (tertiary/aromatic N) is 2. The minimum absolute atomic E-state index is 0.726. The Labute approximate surface area is 119 Å². The molecule has 2 aliphatic heterocycles. The van der Waals surface area contributed by atoms with Gasteiger partial charge in [-0.25, -0.2) is 0 Å². The first-order chi connectivity index (χ1) is 9.19. The van der Waals surface area contributed by atoms with Crippen LogP contribution in [0.3, 0.4) is 0 Å². The average molecular weight is 267 g/mol. The third kappa shape index (κ3) is 4.73. The van der Waals surface area contributed by atoms with Gasteiger partial charge in [0, 0.05) is 31.7 Å². The Hall–Kier alpha value is -0.120. The highest BCUT2D eigenvalue weighted by molar-refractivity contribution is 4.83. The molecule has 3 heteroatoms. The second-order valence-electron chi connectivity index (χ2n) is 6.80. The number of hydrogen-bond donors (Lipinski definition) is 1. The van der Waals surface area contributed by atoms with Crippen LogP contribution < -0.4 is 5.32 Å². The van der Waals surface area contributed by atoms with Crippen LogP contribution in [0.4, 0.5) is 0 Å². The molecule has 2 saturated heterocycles. The molecule has 0 aromatic rings. The smallest absolute Gasteiger partial charge is 0.0194 e. The van der Waals surface area contributed by atoms with Crippen molar-refractivity contribution in [2.75, 3.05) is 39.3 Å². The van der Waals surface area contributed by atoms with E-state index in [0.717, 1.165) is 18.0 Å². The lowest BCUT2D eigenvalue weighted by atomic mass is 10.1. The summed E-state index contributed by atoms with van der Waals surface area (Å²) in [7, 11) is 0. The summed E-state index contributed by atoms with van der Waals surface area (Å²) < 4.78 is 0. The van der Waals surface area contributed by atoms with Gasteiger partial charge in [-0.2, -0.15) is 0 Å². The van der Waals surface area contributed by atoms with E-state index in [9.17, 15) is 0 Å². The molecular formula is C16H33N3. The summed E-state index contributed by atoms with van der Waals surface area (Å²) in [5.74, 6) is 0.905. The van der Waals surface area contributed by atoms with Gasteiger partial charge < -0.3 is 15.1 Å². The van der Waals surface area contributed by atoms with Crippen LogP contribution in [0.5, 0.6) is 0 Å². The van der Waals surface area contributed by atoms with E-state index in [4.69, 9.17) is 0 Å². The van der Waals surface area contributed by atoms with Crippen LogP contribution in [0.2, 0.25) is 0 Å². The van der Waals surface area contributed by atoms with Crippen molar-refractivity contribution in [2.45, 2.75) is 58.5 Å². The van der Waals surface area contributed by atoms with Crippen molar-refractivity contribution in [3.63, 3.8) is 0 Å². The normalized spacial score (nSPS) is 30.9. The Morgan fingerprint density at radius 3 is 2.74 bits per heavy atom. The highest BCUT2D eigenvalue weighted by Gasteiger charge is 2.27. The molecule has 0 aliphatic carbocycles. The van der Waals surface area contributed by atoms with Crippen LogP contribution in [0.1, 0.15) is 46.5 Å². The maximum atomic E-state index is 3.71. The third-order valence-electron chi connectivity index (χ3n) is 4.76. The molecule has 1 N–H and O–H groups in total. The molecule has 19 heavy (non-hydrogen) atoms. The molecule has 0 amide bonds. The molecule has 112 valence electrons. The molecule has 0 saturated carbocycles. The summed E-state index contributed by atoms with van der Waals surface area (Å²) in [5, 5.41) is 3.71. The standard InChI is InChI=1S/C16H33N3/c1-4-6-16-13-18(9-5-8-17-16)11-15-7-10-19(12-15)14(2)3/h14-17H,4-13H2,1-3H3. The molecule has 0 aromatic heterocycles. The lowest BCUT2D eigenvalue weighted by Crippen LogP contribution is -2.40. The molecule has 0 bridgehead atoms. The van der Waals surface area contributed by atoms with Gasteiger partial charge in [-0.15, -0.1) is 0 Å². The summed E-state index contributed by atoms with van der Waals surface area (Å²) in [6, 6.07) is 1.46. The maximum Gasteiger partial charge on any atom is 0.0194 e. The molecule has 2 atom stereocenters. The Morgan fingerprint density at radius 1 is 1.21 bits per heavy atom. The summed E-state index contributed by atoms with van der Waals surface area (Å²) in [6.07, 6.45) is 5.36. The van der Waals surface area contributed by atoms with E-state index >= 15 is 0 Å². The van der Waals surface area contributed by atoms with Crippen molar-refractivity contribution in [3.8, 4) is 0 Å². The molecule has 2 heterocycles. The molecule has 3 nitrogen and oxygen atoms in total. The van der Waals surface area contributed by atoms with E-state index < -0.39 is 0 Å². The fourth-order valence-corrected chi connectivity index (χ4v) is 3.63. The number of hydrogen-bond acceptors (Lipinski definition) is 3. The second kappa shape index (κ2) is 7.61. The van der Waals surface area contributed by atoms with Gasteiger partial charge in [0.1, 0.15) is 0 Å². The third-order valence-corrected chi connectivity index (χ3v) is 4.76.